The summed E-state index contributed by atoms with van der Waals surface area (Å²) in [7, 11) is -2.28. The van der Waals surface area contributed by atoms with E-state index in [-0.39, 0.29) is 42.1 Å². The van der Waals surface area contributed by atoms with E-state index in [4.69, 9.17) is 0 Å². The average Bonchev–Trinajstić information content (AvgIpc) is 2.87. The Morgan fingerprint density at radius 1 is 1.10 bits per heavy atom. The first kappa shape index (κ1) is 31.1. The number of piperidine rings is 1. The second kappa shape index (κ2) is 13.3. The minimum Gasteiger partial charge on any atom is -0.390 e. The molecule has 216 valence electrons. The molecule has 0 aliphatic carbocycles. The predicted molar refractivity (Wildman–Crippen MR) is 143 cm³/mol. The number of carbonyl (C=O) groups excluding carboxylic acids is 1. The first-order valence-corrected chi connectivity index (χ1v) is 14.6. The van der Waals surface area contributed by atoms with Gasteiger partial charge in [-0.25, -0.2) is 8.42 Å². The smallest absolute Gasteiger partial charge is 0.390 e. The third-order valence-electron chi connectivity index (χ3n) is 6.86. The van der Waals surface area contributed by atoms with Gasteiger partial charge < -0.3 is 15.3 Å². The highest BCUT2D eigenvalue weighted by Gasteiger charge is 2.34. The van der Waals surface area contributed by atoms with Crippen molar-refractivity contribution in [3.63, 3.8) is 0 Å². The molecule has 1 aliphatic heterocycles. The van der Waals surface area contributed by atoms with Crippen molar-refractivity contribution in [2.45, 2.75) is 56.3 Å². The molecule has 1 heterocycles. The monoisotopic (exact) mass is 569 g/mol. The number of carbonyl (C=O) groups is 1. The summed E-state index contributed by atoms with van der Waals surface area (Å²) in [5, 5.41) is 14.3. The summed E-state index contributed by atoms with van der Waals surface area (Å²) in [4.78, 5) is 15.0. The fourth-order valence-corrected chi connectivity index (χ4v) is 6.43. The van der Waals surface area contributed by atoms with E-state index in [2.05, 4.69) is 10.2 Å². The number of nitrogens with zero attached hydrogens (tertiary/aromatic N) is 2. The molecular weight excluding hydrogens is 531 g/mol. The van der Waals surface area contributed by atoms with Gasteiger partial charge in [0.05, 0.1) is 28.5 Å². The van der Waals surface area contributed by atoms with E-state index in [9.17, 15) is 31.5 Å². The lowest BCUT2D eigenvalue weighted by Crippen LogP contribution is -2.53. The van der Waals surface area contributed by atoms with Crippen LogP contribution in [0, 0.1) is 11.8 Å². The van der Waals surface area contributed by atoms with Crippen LogP contribution in [0.4, 0.5) is 13.2 Å². The van der Waals surface area contributed by atoms with E-state index in [0.717, 1.165) is 53.5 Å². The quantitative estimate of drug-likeness (QED) is 0.430. The molecule has 0 unspecified atom stereocenters. The Morgan fingerprint density at radius 3 is 2.31 bits per heavy atom. The summed E-state index contributed by atoms with van der Waals surface area (Å²) < 4.78 is 67.1. The number of aliphatic hydroxyl groups is 1. The number of hydrogen-bond donors (Lipinski definition) is 2. The molecule has 2 aromatic carbocycles. The number of sulfonamides is 1. The zero-order chi connectivity index (χ0) is 28.8. The number of alkyl halides is 3. The van der Waals surface area contributed by atoms with Crippen LogP contribution < -0.4 is 5.32 Å². The van der Waals surface area contributed by atoms with Gasteiger partial charge in [0.1, 0.15) is 0 Å². The van der Waals surface area contributed by atoms with Gasteiger partial charge in [-0.3, -0.25) is 4.79 Å². The minimum atomic E-state index is -4.59. The molecule has 2 N–H and O–H groups in total. The minimum absolute atomic E-state index is 0.0415. The fourth-order valence-electron chi connectivity index (χ4n) is 4.81. The fraction of sp³-hybridized carbons (Fsp3) is 0.536. The number of halogens is 3. The Bertz CT molecular complexity index is 1170. The summed E-state index contributed by atoms with van der Waals surface area (Å²) in [5.74, 6) is -0.555. The highest BCUT2D eigenvalue weighted by atomic mass is 32.2. The molecule has 0 aromatic heterocycles. The van der Waals surface area contributed by atoms with Crippen LogP contribution in [-0.4, -0.2) is 74.0 Å². The molecule has 0 saturated carbocycles. The molecule has 1 aliphatic rings. The third kappa shape index (κ3) is 8.76. The standard InChI is InChI=1S/C28H38F3N3O4S/c1-20(2)17-34(39(37,38)24-13-11-23(12-14-24)28(29,30)31)19-26(35)25(16-21-8-5-4-6-9-21)32-27(36)22-10-7-15-33(3)18-22/h4-6,8-9,11-14,20,22,25-26,35H,7,10,15-19H2,1-3H3,(H,32,36)/t22-,25+,26-/m1/s1. The lowest BCUT2D eigenvalue weighted by molar-refractivity contribution is -0.137. The molecular formula is C28H38F3N3O4S. The highest BCUT2D eigenvalue weighted by Crippen LogP contribution is 2.30. The number of amides is 1. The molecule has 2 aromatic rings. The van der Waals surface area contributed by atoms with Crippen LogP contribution in [-0.2, 0) is 27.4 Å². The largest absolute Gasteiger partial charge is 0.416 e. The van der Waals surface area contributed by atoms with Crippen LogP contribution in [0.25, 0.3) is 0 Å². The van der Waals surface area contributed by atoms with E-state index >= 15 is 0 Å². The average molecular weight is 570 g/mol. The normalized spacial score (nSPS) is 18.7. The lowest BCUT2D eigenvalue weighted by atomic mass is 9.95. The number of nitrogens with one attached hydrogen (secondary N) is 1. The van der Waals surface area contributed by atoms with E-state index in [1.54, 1.807) is 0 Å². The van der Waals surface area contributed by atoms with Gasteiger partial charge in [0.25, 0.3) is 0 Å². The summed E-state index contributed by atoms with van der Waals surface area (Å²) in [5.41, 5.74) is -0.0838. The van der Waals surface area contributed by atoms with Crippen molar-refractivity contribution in [3.8, 4) is 0 Å². The molecule has 3 rings (SSSR count). The van der Waals surface area contributed by atoms with Gasteiger partial charge in [-0.15, -0.1) is 0 Å². The maximum atomic E-state index is 13.5. The van der Waals surface area contributed by atoms with Gasteiger partial charge in [-0.05, 0) is 68.6 Å². The number of rotatable bonds is 11. The zero-order valence-electron chi connectivity index (χ0n) is 22.6. The molecule has 0 radical (unpaired) electrons. The topological polar surface area (TPSA) is 89.9 Å². The van der Waals surface area contributed by atoms with Gasteiger partial charge in [0.15, 0.2) is 0 Å². The summed E-state index contributed by atoms with van der Waals surface area (Å²) in [6.07, 6.45) is -3.96. The first-order chi connectivity index (χ1) is 18.3. The second-order valence-corrected chi connectivity index (χ2v) is 12.6. The van der Waals surface area contributed by atoms with E-state index in [1.165, 1.54) is 0 Å². The van der Waals surface area contributed by atoms with Crippen LogP contribution in [0.2, 0.25) is 0 Å². The molecule has 39 heavy (non-hydrogen) atoms. The van der Waals surface area contributed by atoms with E-state index in [1.807, 2.05) is 51.2 Å². The molecule has 1 saturated heterocycles. The van der Waals surface area contributed by atoms with E-state index in [0.29, 0.717) is 6.54 Å². The van der Waals surface area contributed by atoms with Crippen molar-refractivity contribution in [1.29, 1.82) is 0 Å². The molecule has 3 atom stereocenters. The Kier molecular flexibility index (Phi) is 10.6. The summed E-state index contributed by atoms with van der Waals surface area (Å²) in [6.45, 7) is 4.84. The highest BCUT2D eigenvalue weighted by molar-refractivity contribution is 7.89. The van der Waals surface area contributed by atoms with Crippen LogP contribution in [0.15, 0.2) is 59.5 Å². The van der Waals surface area contributed by atoms with Crippen molar-refractivity contribution in [2.24, 2.45) is 11.8 Å². The van der Waals surface area contributed by atoms with Gasteiger partial charge >= 0.3 is 6.18 Å². The molecule has 0 spiro atoms. The molecule has 0 bridgehead atoms. The van der Waals surface area contributed by atoms with Crippen molar-refractivity contribution >= 4 is 15.9 Å². The number of benzene rings is 2. The Morgan fingerprint density at radius 2 is 1.74 bits per heavy atom. The van der Waals surface area contributed by atoms with Crippen molar-refractivity contribution in [3.05, 3.63) is 65.7 Å². The molecule has 1 amide bonds. The van der Waals surface area contributed by atoms with Crippen LogP contribution in [0.3, 0.4) is 0 Å². The van der Waals surface area contributed by atoms with Gasteiger partial charge in [-0.2, -0.15) is 17.5 Å². The van der Waals surface area contributed by atoms with Crippen molar-refractivity contribution < 1.29 is 31.5 Å². The number of hydrogen-bond acceptors (Lipinski definition) is 5. The lowest BCUT2D eigenvalue weighted by Gasteiger charge is -2.33. The predicted octanol–water partition coefficient (Wildman–Crippen LogP) is 3.78. The summed E-state index contributed by atoms with van der Waals surface area (Å²) in [6, 6.07) is 11.8. The van der Waals surface area contributed by atoms with Crippen molar-refractivity contribution in [1.82, 2.24) is 14.5 Å². The third-order valence-corrected chi connectivity index (χ3v) is 8.71. The van der Waals surface area contributed by atoms with Crippen LogP contribution in [0.5, 0.6) is 0 Å². The Hall–Kier alpha value is -2.47. The summed E-state index contributed by atoms with van der Waals surface area (Å²) >= 11 is 0. The van der Waals surface area contributed by atoms with Gasteiger partial charge in [0.2, 0.25) is 15.9 Å². The number of aliphatic hydroxyl groups excluding tert-OH is 1. The Balaban J connectivity index is 1.85. The maximum absolute atomic E-state index is 13.5. The SMILES string of the molecule is CC(C)CN(C[C@@H](O)[C@H](Cc1ccccc1)NC(=O)[C@@H]1CCCN(C)C1)S(=O)(=O)c1ccc(C(F)(F)F)cc1. The first-order valence-electron chi connectivity index (χ1n) is 13.2. The van der Waals surface area contributed by atoms with E-state index < -0.39 is 33.9 Å². The Labute approximate surface area is 229 Å². The van der Waals surface area contributed by atoms with Crippen LogP contribution >= 0.6 is 0 Å². The maximum Gasteiger partial charge on any atom is 0.416 e. The van der Waals surface area contributed by atoms with Crippen LogP contribution in [0.1, 0.15) is 37.8 Å². The molecule has 1 fully saturated rings. The van der Waals surface area contributed by atoms with Crippen molar-refractivity contribution in [2.75, 3.05) is 33.2 Å². The molecule has 11 heteroatoms. The zero-order valence-corrected chi connectivity index (χ0v) is 23.4. The number of likely N-dealkylation sites (tertiary alicyclic amines) is 1. The van der Waals surface area contributed by atoms with Gasteiger partial charge in [0, 0.05) is 19.6 Å². The second-order valence-electron chi connectivity index (χ2n) is 10.7. The van der Waals surface area contributed by atoms with Gasteiger partial charge in [-0.1, -0.05) is 44.2 Å². The molecule has 7 nitrogen and oxygen atoms in total.